The summed E-state index contributed by atoms with van der Waals surface area (Å²) < 4.78 is 15.2. The Morgan fingerprint density at radius 1 is 1.19 bits per heavy atom. The Labute approximate surface area is 119 Å². The van der Waals surface area contributed by atoms with Crippen LogP contribution in [-0.2, 0) is 0 Å². The fraction of sp³-hybridized carbons (Fsp3) is 0. The van der Waals surface area contributed by atoms with Gasteiger partial charge in [0.05, 0.1) is 5.69 Å². The van der Waals surface area contributed by atoms with E-state index in [9.17, 15) is 9.18 Å². The van der Waals surface area contributed by atoms with Crippen LogP contribution in [0, 0.1) is 5.82 Å². The number of aromatic carboxylic acids is 1. The van der Waals surface area contributed by atoms with Crippen LogP contribution in [0.4, 0.5) is 4.39 Å². The largest absolute Gasteiger partial charge is 0.476 e. The number of hydrogen-bond acceptors (Lipinski definition) is 3. The highest BCUT2D eigenvalue weighted by Crippen LogP contribution is 2.24. The van der Waals surface area contributed by atoms with Gasteiger partial charge in [0.2, 0.25) is 0 Å². The molecule has 0 aliphatic rings. The van der Waals surface area contributed by atoms with Gasteiger partial charge in [0, 0.05) is 18.0 Å². The van der Waals surface area contributed by atoms with Crippen LogP contribution in [0.25, 0.3) is 16.9 Å². The van der Waals surface area contributed by atoms with E-state index in [1.165, 1.54) is 22.9 Å². The zero-order chi connectivity index (χ0) is 14.8. The minimum atomic E-state index is -1.17. The zero-order valence-corrected chi connectivity index (χ0v) is 10.8. The van der Waals surface area contributed by atoms with Gasteiger partial charge in [-0.3, -0.25) is 4.98 Å². The molecule has 0 aliphatic heterocycles. The van der Waals surface area contributed by atoms with Crippen molar-refractivity contribution in [1.82, 2.24) is 14.8 Å². The van der Waals surface area contributed by atoms with E-state index in [1.807, 2.05) is 0 Å². The summed E-state index contributed by atoms with van der Waals surface area (Å²) in [6, 6.07) is 10.9. The van der Waals surface area contributed by atoms with Crippen LogP contribution in [0.3, 0.4) is 0 Å². The highest BCUT2D eigenvalue weighted by atomic mass is 19.1. The van der Waals surface area contributed by atoms with Gasteiger partial charge in [0.25, 0.3) is 0 Å². The molecule has 0 aliphatic carbocycles. The van der Waals surface area contributed by atoms with Crippen LogP contribution in [0.1, 0.15) is 10.5 Å². The molecule has 6 heteroatoms. The predicted molar refractivity (Wildman–Crippen MR) is 73.7 cm³/mol. The number of hydrogen-bond donors (Lipinski definition) is 1. The van der Waals surface area contributed by atoms with Crippen molar-refractivity contribution in [3.05, 3.63) is 66.4 Å². The molecule has 1 aromatic carbocycles. The summed E-state index contributed by atoms with van der Waals surface area (Å²) >= 11 is 0. The van der Waals surface area contributed by atoms with Crippen LogP contribution < -0.4 is 0 Å². The number of pyridine rings is 1. The van der Waals surface area contributed by atoms with E-state index in [-0.39, 0.29) is 11.4 Å². The Kier molecular flexibility index (Phi) is 3.19. The number of rotatable bonds is 3. The van der Waals surface area contributed by atoms with Crippen LogP contribution in [0.2, 0.25) is 0 Å². The molecule has 0 unspecified atom stereocenters. The molecule has 0 saturated heterocycles. The molecule has 1 N–H and O–H groups in total. The summed E-state index contributed by atoms with van der Waals surface area (Å²) in [5.41, 5.74) is 1.15. The summed E-state index contributed by atoms with van der Waals surface area (Å²) in [6.45, 7) is 0. The maximum Gasteiger partial charge on any atom is 0.356 e. The number of benzene rings is 1. The molecule has 0 saturated carbocycles. The smallest absolute Gasteiger partial charge is 0.356 e. The maximum atomic E-state index is 14.0. The van der Waals surface area contributed by atoms with E-state index in [0.717, 1.165) is 0 Å². The molecule has 2 heterocycles. The van der Waals surface area contributed by atoms with Crippen molar-refractivity contribution in [2.45, 2.75) is 0 Å². The third-order valence-corrected chi connectivity index (χ3v) is 2.97. The minimum Gasteiger partial charge on any atom is -0.476 e. The van der Waals surface area contributed by atoms with Crippen molar-refractivity contribution < 1.29 is 14.3 Å². The van der Waals surface area contributed by atoms with E-state index in [2.05, 4.69) is 10.1 Å². The first-order valence-electron chi connectivity index (χ1n) is 6.15. The number of nitrogens with zero attached hydrogens (tertiary/aromatic N) is 3. The highest BCUT2D eigenvalue weighted by Gasteiger charge is 2.17. The van der Waals surface area contributed by atoms with Crippen LogP contribution in [0.5, 0.6) is 0 Å². The Morgan fingerprint density at radius 3 is 2.67 bits per heavy atom. The summed E-state index contributed by atoms with van der Waals surface area (Å²) in [7, 11) is 0. The SMILES string of the molecule is O=C(O)c1cc(-c2cccnc2)n(-c2ccccc2F)n1. The number of para-hydroxylation sites is 1. The van der Waals surface area contributed by atoms with Gasteiger partial charge >= 0.3 is 5.97 Å². The van der Waals surface area contributed by atoms with E-state index in [4.69, 9.17) is 5.11 Å². The molecule has 3 aromatic rings. The Bertz CT molecular complexity index is 800. The molecule has 0 atom stereocenters. The normalized spacial score (nSPS) is 10.5. The fourth-order valence-electron chi connectivity index (χ4n) is 2.01. The highest BCUT2D eigenvalue weighted by molar-refractivity contribution is 5.87. The van der Waals surface area contributed by atoms with Crippen molar-refractivity contribution in [2.24, 2.45) is 0 Å². The zero-order valence-electron chi connectivity index (χ0n) is 10.8. The van der Waals surface area contributed by atoms with Gasteiger partial charge in [-0.15, -0.1) is 0 Å². The summed E-state index contributed by atoms with van der Waals surface area (Å²) in [6.07, 6.45) is 3.17. The average Bonchev–Trinajstić information content (AvgIpc) is 2.94. The van der Waals surface area contributed by atoms with E-state index in [0.29, 0.717) is 11.3 Å². The Balaban J connectivity index is 2.24. The molecular formula is C15H10FN3O2. The van der Waals surface area contributed by atoms with Gasteiger partial charge in [-0.25, -0.2) is 13.9 Å². The van der Waals surface area contributed by atoms with Crippen molar-refractivity contribution in [3.63, 3.8) is 0 Å². The van der Waals surface area contributed by atoms with Gasteiger partial charge < -0.3 is 5.11 Å². The van der Waals surface area contributed by atoms with E-state index in [1.54, 1.807) is 36.7 Å². The van der Waals surface area contributed by atoms with Crippen LogP contribution >= 0.6 is 0 Å². The second kappa shape index (κ2) is 5.16. The number of carboxylic acid groups (broad SMARTS) is 1. The third kappa shape index (κ3) is 2.38. The third-order valence-electron chi connectivity index (χ3n) is 2.97. The monoisotopic (exact) mass is 283 g/mol. The lowest BCUT2D eigenvalue weighted by atomic mass is 10.2. The van der Waals surface area contributed by atoms with Gasteiger partial charge in [0.15, 0.2) is 5.69 Å². The predicted octanol–water partition coefficient (Wildman–Crippen LogP) is 2.77. The first kappa shape index (κ1) is 13.0. The van der Waals surface area contributed by atoms with Gasteiger partial charge in [-0.05, 0) is 30.3 Å². The minimum absolute atomic E-state index is 0.155. The lowest BCUT2D eigenvalue weighted by Gasteiger charge is -2.07. The molecular weight excluding hydrogens is 273 g/mol. The van der Waals surface area contributed by atoms with E-state index >= 15 is 0 Å². The van der Waals surface area contributed by atoms with Gasteiger partial charge in [0.1, 0.15) is 11.5 Å². The molecule has 0 fully saturated rings. The molecule has 3 rings (SSSR count). The summed E-state index contributed by atoms with van der Waals surface area (Å²) in [5.74, 6) is -1.65. The van der Waals surface area contributed by atoms with Crippen LogP contribution in [-0.4, -0.2) is 25.8 Å². The number of carbonyl (C=O) groups is 1. The molecule has 2 aromatic heterocycles. The molecule has 5 nitrogen and oxygen atoms in total. The second-order valence-electron chi connectivity index (χ2n) is 4.32. The van der Waals surface area contributed by atoms with E-state index < -0.39 is 11.8 Å². The summed E-state index contributed by atoms with van der Waals surface area (Å²) in [4.78, 5) is 15.1. The Morgan fingerprint density at radius 2 is 2.00 bits per heavy atom. The quantitative estimate of drug-likeness (QED) is 0.802. The molecule has 0 bridgehead atoms. The molecule has 21 heavy (non-hydrogen) atoms. The van der Waals surface area contributed by atoms with Crippen molar-refractivity contribution in [3.8, 4) is 16.9 Å². The summed E-state index contributed by atoms with van der Waals surface area (Å²) in [5, 5.41) is 13.1. The van der Waals surface area contributed by atoms with Crippen molar-refractivity contribution >= 4 is 5.97 Å². The number of carboxylic acids is 1. The topological polar surface area (TPSA) is 68.0 Å². The lowest BCUT2D eigenvalue weighted by molar-refractivity contribution is 0.0690. The lowest BCUT2D eigenvalue weighted by Crippen LogP contribution is -2.04. The first-order chi connectivity index (χ1) is 10.2. The molecule has 0 radical (unpaired) electrons. The molecule has 104 valence electrons. The van der Waals surface area contributed by atoms with Crippen molar-refractivity contribution in [1.29, 1.82) is 0 Å². The van der Waals surface area contributed by atoms with Gasteiger partial charge in [-0.1, -0.05) is 12.1 Å². The first-order valence-corrected chi connectivity index (χ1v) is 6.15. The maximum absolute atomic E-state index is 14.0. The standard InChI is InChI=1S/C15H10FN3O2/c16-11-5-1-2-6-13(11)19-14(8-12(18-19)15(20)21)10-4-3-7-17-9-10/h1-9H,(H,20,21). The van der Waals surface area contributed by atoms with Gasteiger partial charge in [-0.2, -0.15) is 5.10 Å². The molecule has 0 amide bonds. The average molecular weight is 283 g/mol. The fourth-order valence-corrected chi connectivity index (χ4v) is 2.01. The Hall–Kier alpha value is -3.02. The van der Waals surface area contributed by atoms with Crippen molar-refractivity contribution in [2.75, 3.05) is 0 Å². The number of halogens is 1. The molecule has 0 spiro atoms. The number of aromatic nitrogens is 3. The van der Waals surface area contributed by atoms with Crippen LogP contribution in [0.15, 0.2) is 54.9 Å². The second-order valence-corrected chi connectivity index (χ2v) is 4.32.